The molecule has 4 aromatic rings. The fraction of sp³-hybridized carbons (Fsp3) is 0.308. The number of aromatic nitrogens is 3. The second-order valence-corrected chi connectivity index (χ2v) is 10.5. The van der Waals surface area contributed by atoms with Crippen LogP contribution in [0.3, 0.4) is 0 Å². The lowest BCUT2D eigenvalue weighted by Crippen LogP contribution is -2.46. The zero-order valence-corrected chi connectivity index (χ0v) is 20.2. The maximum Gasteiger partial charge on any atom is 0.274 e. The van der Waals surface area contributed by atoms with Crippen LogP contribution in [0, 0.1) is 31.5 Å². The van der Waals surface area contributed by atoms with Gasteiger partial charge in [-0.15, -0.1) is 11.3 Å². The molecule has 35 heavy (non-hydrogen) atoms. The van der Waals surface area contributed by atoms with E-state index < -0.39 is 0 Å². The Morgan fingerprint density at radius 3 is 2.91 bits per heavy atom. The number of thiazole rings is 1. The molecule has 6 rings (SSSR count). The molecule has 2 aliphatic rings. The molecule has 1 aromatic carbocycles. The van der Waals surface area contributed by atoms with E-state index >= 15 is 0 Å². The lowest BCUT2D eigenvalue weighted by molar-refractivity contribution is 0.0690. The first-order valence-corrected chi connectivity index (χ1v) is 12.5. The minimum absolute atomic E-state index is 0.0981. The molecule has 0 radical (unpaired) electrons. The molecule has 3 aromatic heterocycles. The monoisotopic (exact) mass is 489 g/mol. The van der Waals surface area contributed by atoms with Gasteiger partial charge in [0.15, 0.2) is 0 Å². The number of carbonyl (C=O) groups excluding carboxylic acids is 2. The van der Waals surface area contributed by atoms with Crippen LogP contribution >= 0.6 is 11.3 Å². The summed E-state index contributed by atoms with van der Waals surface area (Å²) in [4.78, 5) is 38.0. The summed E-state index contributed by atoms with van der Waals surface area (Å²) < 4.78 is 16.0. The molecule has 3 atom stereocenters. The van der Waals surface area contributed by atoms with E-state index in [1.807, 2.05) is 36.1 Å². The van der Waals surface area contributed by atoms with Crippen molar-refractivity contribution in [1.82, 2.24) is 24.6 Å². The first kappa shape index (κ1) is 21.9. The first-order valence-electron chi connectivity index (χ1n) is 11.7. The van der Waals surface area contributed by atoms with Crippen molar-refractivity contribution in [3.63, 3.8) is 0 Å². The number of piperidine rings is 1. The standard InChI is InChI=1S/C26H24FN5O2S/c1-14-17(6-5-7-19(14)27)24-23(30-15(2)35-24)26(34)32-13-16-10-18(16)20(32)11-29-25(33)21-12-28-22-8-3-4-9-31(21)22/h3-9,12,16,18,20H,10-11,13H2,1-2H3,(H,29,33)/t16-,18-,20+/m0/s1. The number of likely N-dealkylation sites (tertiary alicyclic amines) is 1. The highest BCUT2D eigenvalue weighted by Crippen LogP contribution is 2.50. The summed E-state index contributed by atoms with van der Waals surface area (Å²) >= 11 is 1.40. The molecule has 2 amide bonds. The Kier molecular flexibility index (Phi) is 5.17. The van der Waals surface area contributed by atoms with Crippen LogP contribution in [0.5, 0.6) is 0 Å². The van der Waals surface area contributed by atoms with Gasteiger partial charge in [0.1, 0.15) is 22.9 Å². The number of benzene rings is 1. The Morgan fingerprint density at radius 2 is 2.06 bits per heavy atom. The van der Waals surface area contributed by atoms with Gasteiger partial charge >= 0.3 is 0 Å². The van der Waals surface area contributed by atoms with Gasteiger partial charge in [0.2, 0.25) is 0 Å². The lowest BCUT2D eigenvalue weighted by Gasteiger charge is -2.27. The fourth-order valence-electron chi connectivity index (χ4n) is 5.20. The maximum atomic E-state index is 14.3. The molecule has 1 aliphatic heterocycles. The number of hydrogen-bond donors (Lipinski definition) is 1. The molecule has 0 bridgehead atoms. The number of aryl methyl sites for hydroxylation is 1. The van der Waals surface area contributed by atoms with E-state index in [0.29, 0.717) is 58.0 Å². The van der Waals surface area contributed by atoms with Crippen molar-refractivity contribution in [2.45, 2.75) is 26.3 Å². The highest BCUT2D eigenvalue weighted by atomic mass is 32.1. The smallest absolute Gasteiger partial charge is 0.274 e. The predicted octanol–water partition coefficient (Wildman–Crippen LogP) is 4.10. The van der Waals surface area contributed by atoms with Gasteiger partial charge in [-0.3, -0.25) is 14.0 Å². The van der Waals surface area contributed by atoms with Crippen molar-refractivity contribution >= 4 is 28.8 Å². The maximum absolute atomic E-state index is 14.3. The fourth-order valence-corrected chi connectivity index (χ4v) is 6.19. The Balaban J connectivity index is 1.24. The third-order valence-corrected chi connectivity index (χ3v) is 8.14. The van der Waals surface area contributed by atoms with Crippen molar-refractivity contribution in [3.05, 3.63) is 76.6 Å². The zero-order chi connectivity index (χ0) is 24.3. The molecule has 1 saturated heterocycles. The van der Waals surface area contributed by atoms with Gasteiger partial charge in [-0.2, -0.15) is 0 Å². The van der Waals surface area contributed by atoms with E-state index in [1.165, 1.54) is 17.4 Å². The van der Waals surface area contributed by atoms with Crippen LogP contribution in [0.1, 0.15) is 38.0 Å². The van der Waals surface area contributed by atoms with Crippen molar-refractivity contribution in [3.8, 4) is 10.4 Å². The molecule has 2 fully saturated rings. The zero-order valence-electron chi connectivity index (χ0n) is 19.4. The summed E-state index contributed by atoms with van der Waals surface area (Å²) in [7, 11) is 0. The Bertz CT molecular complexity index is 1480. The van der Waals surface area contributed by atoms with Crippen molar-refractivity contribution in [2.75, 3.05) is 13.1 Å². The van der Waals surface area contributed by atoms with E-state index in [-0.39, 0.29) is 23.7 Å². The number of fused-ring (bicyclic) bond motifs is 2. The van der Waals surface area contributed by atoms with E-state index in [0.717, 1.165) is 11.4 Å². The van der Waals surface area contributed by atoms with E-state index in [4.69, 9.17) is 0 Å². The third-order valence-electron chi connectivity index (χ3n) is 7.13. The summed E-state index contributed by atoms with van der Waals surface area (Å²) in [6.45, 7) is 4.59. The topological polar surface area (TPSA) is 79.6 Å². The number of pyridine rings is 1. The second kappa shape index (κ2) is 8.27. The number of carbonyl (C=O) groups is 2. The van der Waals surface area contributed by atoms with Gasteiger partial charge in [-0.05, 0) is 61.4 Å². The third kappa shape index (κ3) is 3.70. The average molecular weight is 490 g/mol. The molecule has 9 heteroatoms. The predicted molar refractivity (Wildman–Crippen MR) is 131 cm³/mol. The number of nitrogens with one attached hydrogen (secondary N) is 1. The molecular formula is C26H24FN5O2S. The first-order chi connectivity index (χ1) is 16.9. The molecule has 0 unspecified atom stereocenters. The average Bonchev–Trinajstić information content (AvgIpc) is 3.18. The van der Waals surface area contributed by atoms with Crippen LogP contribution in [0.25, 0.3) is 16.1 Å². The van der Waals surface area contributed by atoms with Crippen LogP contribution in [-0.4, -0.2) is 50.2 Å². The number of halogens is 1. The number of imidazole rings is 1. The van der Waals surface area contributed by atoms with E-state index in [2.05, 4.69) is 15.3 Å². The van der Waals surface area contributed by atoms with Gasteiger partial charge < -0.3 is 10.2 Å². The molecule has 1 saturated carbocycles. The van der Waals surface area contributed by atoms with Gasteiger partial charge in [0.05, 0.1) is 22.1 Å². The minimum atomic E-state index is -0.303. The summed E-state index contributed by atoms with van der Waals surface area (Å²) in [5.74, 6) is 0.147. The van der Waals surface area contributed by atoms with Gasteiger partial charge in [-0.1, -0.05) is 18.2 Å². The quantitative estimate of drug-likeness (QED) is 0.458. The summed E-state index contributed by atoms with van der Waals surface area (Å²) in [5.41, 5.74) is 2.73. The summed E-state index contributed by atoms with van der Waals surface area (Å²) in [6, 6.07) is 10.4. The number of amides is 2. The van der Waals surface area contributed by atoms with E-state index in [9.17, 15) is 14.0 Å². The normalized spacial score (nSPS) is 20.8. The van der Waals surface area contributed by atoms with Crippen molar-refractivity contribution in [1.29, 1.82) is 0 Å². The Labute approximate surface area is 205 Å². The van der Waals surface area contributed by atoms with Gasteiger partial charge in [0, 0.05) is 19.3 Å². The molecular weight excluding hydrogens is 465 g/mol. The van der Waals surface area contributed by atoms with Crippen molar-refractivity contribution < 1.29 is 14.0 Å². The highest BCUT2D eigenvalue weighted by molar-refractivity contribution is 7.15. The number of hydrogen-bond acceptors (Lipinski definition) is 5. The largest absolute Gasteiger partial charge is 0.349 e. The molecule has 1 aliphatic carbocycles. The van der Waals surface area contributed by atoms with Crippen molar-refractivity contribution in [2.24, 2.45) is 11.8 Å². The molecule has 0 spiro atoms. The number of nitrogens with zero attached hydrogens (tertiary/aromatic N) is 4. The van der Waals surface area contributed by atoms with Crippen LogP contribution in [0.15, 0.2) is 48.8 Å². The van der Waals surface area contributed by atoms with Gasteiger partial charge in [-0.25, -0.2) is 14.4 Å². The molecule has 7 nitrogen and oxygen atoms in total. The van der Waals surface area contributed by atoms with Gasteiger partial charge in [0.25, 0.3) is 11.8 Å². The minimum Gasteiger partial charge on any atom is -0.349 e. The molecule has 1 N–H and O–H groups in total. The van der Waals surface area contributed by atoms with Crippen LogP contribution in [0.2, 0.25) is 0 Å². The number of rotatable bonds is 5. The van der Waals surface area contributed by atoms with Crippen LogP contribution < -0.4 is 5.32 Å². The van der Waals surface area contributed by atoms with Crippen LogP contribution in [0.4, 0.5) is 4.39 Å². The summed E-state index contributed by atoms with van der Waals surface area (Å²) in [6.07, 6.45) is 4.43. The Hall–Kier alpha value is -3.59. The molecule has 178 valence electrons. The Morgan fingerprint density at radius 1 is 1.20 bits per heavy atom. The highest BCUT2D eigenvalue weighted by Gasteiger charge is 2.54. The summed E-state index contributed by atoms with van der Waals surface area (Å²) in [5, 5.41) is 3.78. The molecule has 4 heterocycles. The van der Waals surface area contributed by atoms with Crippen LogP contribution in [-0.2, 0) is 0 Å². The second-order valence-electron chi connectivity index (χ2n) is 9.29. The lowest BCUT2D eigenvalue weighted by atomic mass is 10.0. The van der Waals surface area contributed by atoms with E-state index in [1.54, 1.807) is 29.8 Å². The SMILES string of the molecule is Cc1nc(C(=O)N2C[C@@H]3C[C@@H]3[C@H]2CNC(=O)c2cnc3ccccn23)c(-c2cccc(F)c2C)s1.